The van der Waals surface area contributed by atoms with Crippen LogP contribution in [-0.4, -0.2) is 46.9 Å². The summed E-state index contributed by atoms with van der Waals surface area (Å²) in [5.74, 6) is -2.96. The third-order valence-electron chi connectivity index (χ3n) is 4.84. The van der Waals surface area contributed by atoms with Gasteiger partial charge in [0.15, 0.2) is 0 Å². The molecular formula is C21H19FN2O6. The number of amides is 1. The monoisotopic (exact) mass is 414 g/mol. The second-order valence-corrected chi connectivity index (χ2v) is 6.66. The molecular weight excluding hydrogens is 395 g/mol. The third-order valence-corrected chi connectivity index (χ3v) is 4.84. The van der Waals surface area contributed by atoms with E-state index in [0.717, 1.165) is 0 Å². The Hall–Kier alpha value is -3.59. The number of carbonyl (C=O) groups is 2. The summed E-state index contributed by atoms with van der Waals surface area (Å²) in [6, 6.07) is 9.44. The van der Waals surface area contributed by atoms with Crippen molar-refractivity contribution in [1.82, 2.24) is 4.90 Å². The molecule has 1 amide bonds. The van der Waals surface area contributed by atoms with E-state index in [1.54, 1.807) is 6.07 Å². The molecule has 0 aromatic heterocycles. The number of hydrogen-bond donors (Lipinski definition) is 1. The molecule has 9 heteroatoms. The molecule has 2 aromatic carbocycles. The molecule has 1 atom stereocenters. The van der Waals surface area contributed by atoms with Crippen LogP contribution in [0.2, 0.25) is 0 Å². The summed E-state index contributed by atoms with van der Waals surface area (Å²) in [5.41, 5.74) is -0.289. The zero-order chi connectivity index (χ0) is 21.8. The quantitative estimate of drug-likeness (QED) is 0.186. The minimum absolute atomic E-state index is 0.0672. The van der Waals surface area contributed by atoms with E-state index in [9.17, 15) is 29.2 Å². The fourth-order valence-electron chi connectivity index (χ4n) is 3.41. The predicted molar refractivity (Wildman–Crippen MR) is 105 cm³/mol. The molecule has 1 aliphatic rings. The Bertz CT molecular complexity index is 1020. The highest BCUT2D eigenvalue weighted by Gasteiger charge is 2.46. The average molecular weight is 414 g/mol. The third kappa shape index (κ3) is 3.92. The molecule has 0 aliphatic carbocycles. The fraction of sp³-hybridized carbons (Fsp3) is 0.238. The second-order valence-electron chi connectivity index (χ2n) is 6.66. The largest absolute Gasteiger partial charge is 0.507 e. The van der Waals surface area contributed by atoms with Crippen LogP contribution >= 0.6 is 0 Å². The number of methoxy groups -OCH3 is 1. The van der Waals surface area contributed by atoms with Gasteiger partial charge >= 0.3 is 0 Å². The van der Waals surface area contributed by atoms with Gasteiger partial charge in [-0.25, -0.2) is 4.39 Å². The van der Waals surface area contributed by atoms with Crippen LogP contribution in [0.15, 0.2) is 54.1 Å². The number of non-ortho nitro benzene ring substituents is 1. The zero-order valence-corrected chi connectivity index (χ0v) is 16.1. The standard InChI is InChI=1S/C21H19FN2O6/c1-30-12-4-11-23-18(15-5-2-3-6-16(15)22)17(20(26)21(23)27)19(25)13-7-9-14(10-8-13)24(28)29/h2-3,5-10,18,25H,4,11-12H2,1H3/b19-17+. The van der Waals surface area contributed by atoms with Crippen molar-refractivity contribution in [2.45, 2.75) is 12.5 Å². The lowest BCUT2D eigenvalue weighted by molar-refractivity contribution is -0.384. The summed E-state index contributed by atoms with van der Waals surface area (Å²) in [4.78, 5) is 36.9. The van der Waals surface area contributed by atoms with Crippen LogP contribution in [0.4, 0.5) is 10.1 Å². The van der Waals surface area contributed by atoms with E-state index in [-0.39, 0.29) is 28.9 Å². The Kier molecular flexibility index (Phi) is 6.22. The van der Waals surface area contributed by atoms with Crippen molar-refractivity contribution in [2.24, 2.45) is 0 Å². The van der Waals surface area contributed by atoms with Crippen LogP contribution in [0, 0.1) is 15.9 Å². The van der Waals surface area contributed by atoms with Crippen molar-refractivity contribution in [1.29, 1.82) is 0 Å². The van der Waals surface area contributed by atoms with Gasteiger partial charge in [-0.15, -0.1) is 0 Å². The maximum absolute atomic E-state index is 14.6. The van der Waals surface area contributed by atoms with Crippen molar-refractivity contribution >= 4 is 23.1 Å². The smallest absolute Gasteiger partial charge is 0.295 e. The van der Waals surface area contributed by atoms with E-state index < -0.39 is 34.2 Å². The number of benzene rings is 2. The molecule has 0 radical (unpaired) electrons. The van der Waals surface area contributed by atoms with Crippen molar-refractivity contribution in [2.75, 3.05) is 20.3 Å². The van der Waals surface area contributed by atoms with E-state index in [2.05, 4.69) is 0 Å². The lowest BCUT2D eigenvalue weighted by atomic mass is 9.95. The van der Waals surface area contributed by atoms with E-state index in [4.69, 9.17) is 4.74 Å². The van der Waals surface area contributed by atoms with Crippen LogP contribution in [0.25, 0.3) is 5.76 Å². The van der Waals surface area contributed by atoms with E-state index in [0.29, 0.717) is 13.0 Å². The molecule has 1 fully saturated rings. The summed E-state index contributed by atoms with van der Waals surface area (Å²) in [7, 11) is 1.50. The molecule has 156 valence electrons. The number of rotatable bonds is 7. The second kappa shape index (κ2) is 8.83. The summed E-state index contributed by atoms with van der Waals surface area (Å²) < 4.78 is 19.6. The minimum Gasteiger partial charge on any atom is -0.507 e. The summed E-state index contributed by atoms with van der Waals surface area (Å²) in [5, 5.41) is 21.7. The number of likely N-dealkylation sites (tertiary alicyclic amines) is 1. The summed E-state index contributed by atoms with van der Waals surface area (Å²) in [6.45, 7) is 0.448. The van der Waals surface area contributed by atoms with Crippen molar-refractivity contribution in [3.05, 3.63) is 81.2 Å². The van der Waals surface area contributed by atoms with Crippen molar-refractivity contribution in [3.63, 3.8) is 0 Å². The minimum atomic E-state index is -1.13. The number of halogens is 1. The van der Waals surface area contributed by atoms with Crippen molar-refractivity contribution < 1.29 is 28.7 Å². The normalized spacial score (nSPS) is 18.1. The maximum Gasteiger partial charge on any atom is 0.295 e. The Morgan fingerprint density at radius 1 is 1.20 bits per heavy atom. The first-order chi connectivity index (χ1) is 14.4. The zero-order valence-electron chi connectivity index (χ0n) is 16.1. The van der Waals surface area contributed by atoms with Crippen LogP contribution in [0.3, 0.4) is 0 Å². The highest BCUT2D eigenvalue weighted by molar-refractivity contribution is 6.46. The first-order valence-corrected chi connectivity index (χ1v) is 9.13. The van der Waals surface area contributed by atoms with E-state index in [1.165, 1.54) is 54.5 Å². The Morgan fingerprint density at radius 3 is 2.47 bits per heavy atom. The number of aliphatic hydroxyl groups is 1. The highest BCUT2D eigenvalue weighted by atomic mass is 19.1. The average Bonchev–Trinajstić information content (AvgIpc) is 2.98. The Labute approximate surface area is 171 Å². The van der Waals surface area contributed by atoms with Crippen molar-refractivity contribution in [3.8, 4) is 0 Å². The Morgan fingerprint density at radius 2 is 1.87 bits per heavy atom. The number of ether oxygens (including phenoxy) is 1. The number of hydrogen-bond acceptors (Lipinski definition) is 6. The number of nitro benzene ring substituents is 1. The molecule has 1 saturated heterocycles. The van der Waals surface area contributed by atoms with Crippen LogP contribution in [0.5, 0.6) is 0 Å². The van der Waals surface area contributed by atoms with Gasteiger partial charge in [0.1, 0.15) is 11.6 Å². The van der Waals surface area contributed by atoms with Gasteiger partial charge in [-0.05, 0) is 24.6 Å². The first kappa shape index (κ1) is 21.1. The molecule has 1 unspecified atom stereocenters. The van der Waals surface area contributed by atoms with Gasteiger partial charge in [0.05, 0.1) is 16.5 Å². The molecule has 0 bridgehead atoms. The molecule has 1 heterocycles. The first-order valence-electron chi connectivity index (χ1n) is 9.13. The van der Waals surface area contributed by atoms with Gasteiger partial charge in [0.2, 0.25) is 0 Å². The number of nitro groups is 1. The molecule has 0 saturated carbocycles. The predicted octanol–water partition coefficient (Wildman–Crippen LogP) is 3.19. The number of carbonyl (C=O) groups excluding carboxylic acids is 2. The number of nitrogens with zero attached hydrogens (tertiary/aromatic N) is 2. The van der Waals surface area contributed by atoms with Gasteiger partial charge in [-0.1, -0.05) is 18.2 Å². The molecule has 8 nitrogen and oxygen atoms in total. The van der Waals surface area contributed by atoms with Gasteiger partial charge in [0.25, 0.3) is 17.4 Å². The highest BCUT2D eigenvalue weighted by Crippen LogP contribution is 2.40. The fourth-order valence-corrected chi connectivity index (χ4v) is 3.41. The van der Waals surface area contributed by atoms with Gasteiger partial charge in [-0.3, -0.25) is 19.7 Å². The maximum atomic E-state index is 14.6. The van der Waals surface area contributed by atoms with Crippen LogP contribution in [-0.2, 0) is 14.3 Å². The van der Waals surface area contributed by atoms with E-state index >= 15 is 0 Å². The lowest BCUT2D eigenvalue weighted by Crippen LogP contribution is -2.31. The van der Waals surface area contributed by atoms with E-state index in [1.807, 2.05) is 0 Å². The molecule has 2 aromatic rings. The number of Topliss-reactive ketones (excluding diaryl/α,β-unsaturated/α-hetero) is 1. The number of aliphatic hydroxyl groups excluding tert-OH is 1. The van der Waals surface area contributed by atoms with Crippen LogP contribution in [0.1, 0.15) is 23.6 Å². The summed E-state index contributed by atoms with van der Waals surface area (Å²) >= 11 is 0. The van der Waals surface area contributed by atoms with Crippen LogP contribution < -0.4 is 0 Å². The van der Waals surface area contributed by atoms with Gasteiger partial charge in [0, 0.05) is 43.5 Å². The Balaban J connectivity index is 2.12. The topological polar surface area (TPSA) is 110 Å². The lowest BCUT2D eigenvalue weighted by Gasteiger charge is -2.25. The van der Waals surface area contributed by atoms with Gasteiger partial charge < -0.3 is 14.7 Å². The van der Waals surface area contributed by atoms with Gasteiger partial charge in [-0.2, -0.15) is 0 Å². The molecule has 3 rings (SSSR count). The molecule has 30 heavy (non-hydrogen) atoms. The SMILES string of the molecule is COCCCN1C(=O)C(=O)/C(=C(/O)c2ccc([N+](=O)[O-])cc2)C1c1ccccc1F. The molecule has 0 spiro atoms. The molecule has 1 N–H and O–H groups in total. The number of ketones is 1. The molecule has 1 aliphatic heterocycles. The summed E-state index contributed by atoms with van der Waals surface area (Å²) in [6.07, 6.45) is 0.409.